The van der Waals surface area contributed by atoms with Crippen LogP contribution in [0.1, 0.15) is 39.0 Å². The first-order valence-electron chi connectivity index (χ1n) is 5.11. The minimum absolute atomic E-state index is 0.259. The van der Waals surface area contributed by atoms with E-state index in [-0.39, 0.29) is 6.42 Å². The molecule has 0 aromatic carbocycles. The van der Waals surface area contributed by atoms with Gasteiger partial charge >= 0.3 is 0 Å². The molecule has 0 aromatic heterocycles. The molecule has 1 unspecified atom stereocenters. The Kier molecular flexibility index (Phi) is 6.42. The van der Waals surface area contributed by atoms with E-state index >= 15 is 0 Å². The summed E-state index contributed by atoms with van der Waals surface area (Å²) >= 11 is 0. The number of aliphatic carboxylic acids is 2. The van der Waals surface area contributed by atoms with Gasteiger partial charge < -0.3 is 19.8 Å². The van der Waals surface area contributed by atoms with Crippen molar-refractivity contribution < 1.29 is 19.8 Å². The average Bonchev–Trinajstić information content (AvgIpc) is 2.16. The fourth-order valence-electron chi connectivity index (χ4n) is 1.35. The summed E-state index contributed by atoms with van der Waals surface area (Å²) in [6.07, 6.45) is 3.86. The molecule has 0 bridgehead atoms. The van der Waals surface area contributed by atoms with Crippen molar-refractivity contribution in [3.63, 3.8) is 0 Å². The highest BCUT2D eigenvalue weighted by molar-refractivity contribution is 5.91. The summed E-state index contributed by atoms with van der Waals surface area (Å²) in [5.41, 5.74) is -0.397. The summed E-state index contributed by atoms with van der Waals surface area (Å²) in [5, 5.41) is 21.1. The van der Waals surface area contributed by atoms with Gasteiger partial charge in [-0.2, -0.15) is 0 Å². The maximum absolute atomic E-state index is 10.6. The van der Waals surface area contributed by atoms with Gasteiger partial charge in [0.05, 0.1) is 5.97 Å². The summed E-state index contributed by atoms with van der Waals surface area (Å²) in [6.45, 7) is 5.23. The van der Waals surface area contributed by atoms with Gasteiger partial charge in [-0.25, -0.2) is 0 Å². The van der Waals surface area contributed by atoms with E-state index < -0.39 is 23.4 Å². The normalized spacial score (nSPS) is 12.1. The fraction of sp³-hybridized carbons (Fsp3) is 0.636. The number of rotatable bonds is 8. The lowest BCUT2D eigenvalue weighted by molar-refractivity contribution is -0.315. The Bertz CT molecular complexity index is 245. The maximum Gasteiger partial charge on any atom is 0.0675 e. The van der Waals surface area contributed by atoms with Crippen molar-refractivity contribution in [2.45, 2.75) is 39.0 Å². The van der Waals surface area contributed by atoms with Crippen LogP contribution in [0.15, 0.2) is 12.2 Å². The quantitative estimate of drug-likeness (QED) is 0.406. The first-order chi connectivity index (χ1) is 7.00. The first kappa shape index (κ1) is 13.7. The Morgan fingerprint density at radius 1 is 1.20 bits per heavy atom. The van der Waals surface area contributed by atoms with Gasteiger partial charge in [0.15, 0.2) is 0 Å². The van der Waals surface area contributed by atoms with Gasteiger partial charge in [0.2, 0.25) is 0 Å². The number of hydrogen-bond donors (Lipinski definition) is 0. The molecule has 0 heterocycles. The predicted octanol–water partition coefficient (Wildman–Crippen LogP) is -0.371. The number of unbranched alkanes of at least 4 members (excludes halogenated alkanes) is 3. The van der Waals surface area contributed by atoms with Crippen LogP contribution in [0.4, 0.5) is 0 Å². The molecular weight excluding hydrogens is 196 g/mol. The van der Waals surface area contributed by atoms with E-state index in [0.717, 1.165) is 19.3 Å². The Morgan fingerprint density at radius 3 is 2.20 bits per heavy atom. The van der Waals surface area contributed by atoms with Gasteiger partial charge in [-0.05, 0) is 12.0 Å². The summed E-state index contributed by atoms with van der Waals surface area (Å²) < 4.78 is 0. The lowest BCUT2D eigenvalue weighted by Crippen LogP contribution is -2.38. The molecule has 0 radical (unpaired) electrons. The maximum atomic E-state index is 10.6. The number of carboxylic acids is 2. The van der Waals surface area contributed by atoms with Crippen molar-refractivity contribution in [3.8, 4) is 0 Å². The molecule has 0 N–H and O–H groups in total. The highest BCUT2D eigenvalue weighted by atomic mass is 16.4. The first-order valence-corrected chi connectivity index (χ1v) is 5.11. The Hall–Kier alpha value is -1.32. The summed E-state index contributed by atoms with van der Waals surface area (Å²) in [5.74, 6) is -4.02. The summed E-state index contributed by atoms with van der Waals surface area (Å²) in [4.78, 5) is 21.1. The van der Waals surface area contributed by atoms with Gasteiger partial charge in [0.1, 0.15) is 0 Å². The molecule has 4 heteroatoms. The van der Waals surface area contributed by atoms with Crippen LogP contribution >= 0.6 is 0 Å². The van der Waals surface area contributed by atoms with Crippen LogP contribution in [0.5, 0.6) is 0 Å². The lowest BCUT2D eigenvalue weighted by atomic mass is 9.94. The van der Waals surface area contributed by atoms with Crippen molar-refractivity contribution in [2.24, 2.45) is 5.92 Å². The number of hydrogen-bond acceptors (Lipinski definition) is 4. The Labute approximate surface area is 89.6 Å². The largest absolute Gasteiger partial charge is 0.549 e. The van der Waals surface area contributed by atoms with Crippen molar-refractivity contribution in [1.82, 2.24) is 0 Å². The van der Waals surface area contributed by atoms with Crippen LogP contribution in [-0.4, -0.2) is 11.9 Å². The zero-order valence-electron chi connectivity index (χ0n) is 8.95. The van der Waals surface area contributed by atoms with Crippen LogP contribution in [-0.2, 0) is 9.59 Å². The van der Waals surface area contributed by atoms with E-state index in [1.807, 2.05) is 6.92 Å². The van der Waals surface area contributed by atoms with Crippen molar-refractivity contribution in [1.29, 1.82) is 0 Å². The molecular formula is C11H16O4-2. The number of carbonyl (C=O) groups excluding carboxylic acids is 2. The van der Waals surface area contributed by atoms with Crippen LogP contribution in [0.25, 0.3) is 0 Å². The van der Waals surface area contributed by atoms with Crippen LogP contribution in [0.3, 0.4) is 0 Å². The van der Waals surface area contributed by atoms with Gasteiger partial charge in [0.25, 0.3) is 0 Å². The molecule has 0 saturated heterocycles. The molecule has 0 saturated carbocycles. The third-order valence-electron chi connectivity index (χ3n) is 2.31. The molecule has 0 aliphatic rings. The number of carbonyl (C=O) groups is 2. The average molecular weight is 212 g/mol. The smallest absolute Gasteiger partial charge is 0.0675 e. The third kappa shape index (κ3) is 5.20. The van der Waals surface area contributed by atoms with Crippen molar-refractivity contribution in [2.75, 3.05) is 0 Å². The molecule has 0 aromatic rings. The topological polar surface area (TPSA) is 80.3 Å². The van der Waals surface area contributed by atoms with E-state index in [9.17, 15) is 19.8 Å². The standard InChI is InChI=1S/C11H18O4/c1-3-4-5-6-7-9(11(14)15)8(2)10(12)13/h9H,2-7H2,1H3,(H,12,13)(H,14,15)/p-2. The molecule has 4 nitrogen and oxygen atoms in total. The molecule has 0 rings (SSSR count). The van der Waals surface area contributed by atoms with Crippen molar-refractivity contribution in [3.05, 3.63) is 12.2 Å². The van der Waals surface area contributed by atoms with Crippen LogP contribution in [0, 0.1) is 5.92 Å². The molecule has 0 aliphatic carbocycles. The van der Waals surface area contributed by atoms with Gasteiger partial charge in [0, 0.05) is 11.9 Å². The minimum atomic E-state index is -1.51. The molecule has 0 aliphatic heterocycles. The highest BCUT2D eigenvalue weighted by Crippen LogP contribution is 2.17. The second-order valence-corrected chi connectivity index (χ2v) is 3.53. The Balaban J connectivity index is 4.12. The SMILES string of the molecule is C=C(C(=O)[O-])C(CCCCCC)C(=O)[O-]. The molecule has 0 spiro atoms. The zero-order chi connectivity index (χ0) is 11.8. The highest BCUT2D eigenvalue weighted by Gasteiger charge is 2.14. The van der Waals surface area contributed by atoms with Crippen LogP contribution in [0.2, 0.25) is 0 Å². The van der Waals surface area contributed by atoms with E-state index in [1.165, 1.54) is 0 Å². The molecule has 15 heavy (non-hydrogen) atoms. The fourth-order valence-corrected chi connectivity index (χ4v) is 1.35. The van der Waals surface area contributed by atoms with E-state index in [4.69, 9.17) is 0 Å². The monoisotopic (exact) mass is 212 g/mol. The van der Waals surface area contributed by atoms with Crippen molar-refractivity contribution >= 4 is 11.9 Å². The van der Waals surface area contributed by atoms with E-state index in [2.05, 4.69) is 6.58 Å². The Morgan fingerprint density at radius 2 is 1.80 bits per heavy atom. The van der Waals surface area contributed by atoms with Gasteiger partial charge in [-0.15, -0.1) is 0 Å². The third-order valence-corrected chi connectivity index (χ3v) is 2.31. The van der Waals surface area contributed by atoms with E-state index in [1.54, 1.807) is 0 Å². The molecule has 0 fully saturated rings. The van der Waals surface area contributed by atoms with Gasteiger partial charge in [-0.1, -0.05) is 39.2 Å². The van der Waals surface area contributed by atoms with Crippen LogP contribution < -0.4 is 10.2 Å². The number of carboxylic acid groups (broad SMARTS) is 2. The second kappa shape index (κ2) is 7.04. The van der Waals surface area contributed by atoms with E-state index in [0.29, 0.717) is 6.42 Å². The minimum Gasteiger partial charge on any atom is -0.549 e. The second-order valence-electron chi connectivity index (χ2n) is 3.53. The molecule has 1 atom stereocenters. The summed E-state index contributed by atoms with van der Waals surface area (Å²) in [7, 11) is 0. The zero-order valence-corrected chi connectivity index (χ0v) is 8.95. The predicted molar refractivity (Wildman–Crippen MR) is 51.4 cm³/mol. The lowest BCUT2D eigenvalue weighted by Gasteiger charge is -2.21. The van der Waals surface area contributed by atoms with Gasteiger partial charge in [-0.3, -0.25) is 0 Å². The summed E-state index contributed by atoms with van der Waals surface area (Å²) in [6, 6.07) is 0. The molecule has 86 valence electrons. The molecule has 0 amide bonds.